The smallest absolute Gasteiger partial charge is 0.359 e. The van der Waals surface area contributed by atoms with Crippen LogP contribution >= 0.6 is 0 Å². The van der Waals surface area contributed by atoms with Crippen molar-refractivity contribution in [3.8, 4) is 0 Å². The molecule has 2 rings (SSSR count). The van der Waals surface area contributed by atoms with Crippen LogP contribution < -0.4 is 5.32 Å². The summed E-state index contributed by atoms with van der Waals surface area (Å²) in [5, 5.41) is 6.20. The van der Waals surface area contributed by atoms with Gasteiger partial charge in [0, 0.05) is 17.0 Å². The molecule has 22 heavy (non-hydrogen) atoms. The molecule has 0 saturated heterocycles. The monoisotopic (exact) mass is 312 g/mol. The number of nitrogens with zero attached hydrogens (tertiary/aromatic N) is 1. The van der Waals surface area contributed by atoms with Crippen molar-refractivity contribution < 1.29 is 22.5 Å². The van der Waals surface area contributed by atoms with Crippen LogP contribution in [0, 0.1) is 0 Å². The summed E-state index contributed by atoms with van der Waals surface area (Å²) in [5.41, 5.74) is -0.960. The van der Waals surface area contributed by atoms with Crippen molar-refractivity contribution in [2.45, 2.75) is 32.4 Å². The van der Waals surface area contributed by atoms with E-state index in [1.165, 1.54) is 0 Å². The highest BCUT2D eigenvalue weighted by Gasteiger charge is 2.30. The van der Waals surface area contributed by atoms with Gasteiger partial charge >= 0.3 is 6.18 Å². The molecule has 1 aromatic heterocycles. The van der Waals surface area contributed by atoms with E-state index in [2.05, 4.69) is 10.5 Å². The van der Waals surface area contributed by atoms with E-state index >= 15 is 0 Å². The Kier molecular flexibility index (Phi) is 4.00. The van der Waals surface area contributed by atoms with E-state index in [9.17, 15) is 18.0 Å². The highest BCUT2D eigenvalue weighted by Crippen LogP contribution is 2.29. The van der Waals surface area contributed by atoms with Crippen LogP contribution in [0.5, 0.6) is 0 Å². The summed E-state index contributed by atoms with van der Waals surface area (Å²) in [6.45, 7) is 5.78. The van der Waals surface area contributed by atoms with E-state index in [1.54, 1.807) is 6.07 Å². The Labute approximate surface area is 125 Å². The first-order chi connectivity index (χ1) is 10.1. The molecule has 1 N–H and O–H groups in total. The minimum atomic E-state index is -4.43. The molecule has 7 heteroatoms. The first-order valence-corrected chi connectivity index (χ1v) is 6.53. The molecule has 0 saturated carbocycles. The molecule has 118 valence electrons. The van der Waals surface area contributed by atoms with E-state index in [0.717, 1.165) is 24.3 Å². The molecule has 0 aliphatic heterocycles. The standard InChI is InChI=1S/C15H15F3N2O2/c1-14(2,3)11-8-12(20-22-11)19-13(21)9-4-6-10(7-5-9)15(16,17)18/h4-8H,1-3H3,(H,19,20,21). The van der Waals surface area contributed by atoms with Gasteiger partial charge in [-0.2, -0.15) is 13.2 Å². The Morgan fingerprint density at radius 1 is 1.14 bits per heavy atom. The number of amides is 1. The van der Waals surface area contributed by atoms with E-state index in [-0.39, 0.29) is 16.8 Å². The van der Waals surface area contributed by atoms with E-state index in [0.29, 0.717) is 5.76 Å². The maximum atomic E-state index is 12.5. The average Bonchev–Trinajstić information content (AvgIpc) is 2.86. The van der Waals surface area contributed by atoms with Gasteiger partial charge in [-0.3, -0.25) is 4.79 Å². The Balaban J connectivity index is 2.11. The molecule has 2 aromatic rings. The molecule has 0 fully saturated rings. The molecular weight excluding hydrogens is 297 g/mol. The molecule has 4 nitrogen and oxygen atoms in total. The van der Waals surface area contributed by atoms with Crippen LogP contribution in [0.1, 0.15) is 42.5 Å². The molecule has 0 unspecified atom stereocenters. The minimum absolute atomic E-state index is 0.105. The van der Waals surface area contributed by atoms with Crippen LogP contribution in [-0.2, 0) is 11.6 Å². The molecule has 0 radical (unpaired) electrons. The second-order valence-corrected chi connectivity index (χ2v) is 5.86. The highest BCUT2D eigenvalue weighted by molar-refractivity contribution is 6.03. The molecule has 0 aliphatic carbocycles. The maximum Gasteiger partial charge on any atom is 0.416 e. The number of aromatic nitrogens is 1. The highest BCUT2D eigenvalue weighted by atomic mass is 19.4. The number of hydrogen-bond acceptors (Lipinski definition) is 3. The van der Waals surface area contributed by atoms with E-state index in [4.69, 9.17) is 4.52 Å². The zero-order chi connectivity index (χ0) is 16.5. The SMILES string of the molecule is CC(C)(C)c1cc(NC(=O)c2ccc(C(F)(F)F)cc2)no1. The molecule has 1 aromatic carbocycles. The number of carbonyl (C=O) groups is 1. The summed E-state index contributed by atoms with van der Waals surface area (Å²) in [6, 6.07) is 5.53. The van der Waals surface area contributed by atoms with Crippen LogP contribution in [0.25, 0.3) is 0 Å². The van der Waals surface area contributed by atoms with Crippen molar-refractivity contribution in [2.75, 3.05) is 5.32 Å². The normalized spacial score (nSPS) is 12.3. The summed E-state index contributed by atoms with van der Waals surface area (Å²) < 4.78 is 42.5. The van der Waals surface area contributed by atoms with Gasteiger partial charge in [0.1, 0.15) is 5.76 Å². The first kappa shape index (κ1) is 16.1. The van der Waals surface area contributed by atoms with Crippen molar-refractivity contribution in [1.82, 2.24) is 5.16 Å². The number of benzene rings is 1. The predicted molar refractivity (Wildman–Crippen MR) is 74.6 cm³/mol. The second-order valence-electron chi connectivity index (χ2n) is 5.86. The second kappa shape index (κ2) is 5.47. The van der Waals surface area contributed by atoms with Crippen LogP contribution in [0.4, 0.5) is 19.0 Å². The van der Waals surface area contributed by atoms with Gasteiger partial charge in [0.15, 0.2) is 5.82 Å². The fourth-order valence-electron chi connectivity index (χ4n) is 1.69. The van der Waals surface area contributed by atoms with Crippen LogP contribution in [0.3, 0.4) is 0 Å². The van der Waals surface area contributed by atoms with Crippen molar-refractivity contribution in [3.05, 3.63) is 47.2 Å². The fourth-order valence-corrected chi connectivity index (χ4v) is 1.69. The van der Waals surface area contributed by atoms with Gasteiger partial charge in [0.05, 0.1) is 5.56 Å². The van der Waals surface area contributed by atoms with Gasteiger partial charge in [-0.1, -0.05) is 25.9 Å². The molecule has 0 spiro atoms. The first-order valence-electron chi connectivity index (χ1n) is 6.53. The third-order valence-electron chi connectivity index (χ3n) is 2.97. The van der Waals surface area contributed by atoms with Crippen LogP contribution in [0.2, 0.25) is 0 Å². The lowest BCUT2D eigenvalue weighted by molar-refractivity contribution is -0.137. The summed E-state index contributed by atoms with van der Waals surface area (Å²) in [4.78, 5) is 12.0. The third-order valence-corrected chi connectivity index (χ3v) is 2.97. The summed E-state index contributed by atoms with van der Waals surface area (Å²) in [7, 11) is 0. The number of halogens is 3. The molecule has 1 amide bonds. The molecule has 0 bridgehead atoms. The zero-order valence-corrected chi connectivity index (χ0v) is 12.3. The largest absolute Gasteiger partial charge is 0.416 e. The van der Waals surface area contributed by atoms with E-state index in [1.807, 2.05) is 20.8 Å². The van der Waals surface area contributed by atoms with Gasteiger partial charge in [-0.25, -0.2) is 0 Å². The Morgan fingerprint density at radius 2 is 1.73 bits per heavy atom. The fraction of sp³-hybridized carbons (Fsp3) is 0.333. The average molecular weight is 312 g/mol. The van der Waals surface area contributed by atoms with Gasteiger partial charge in [0.25, 0.3) is 5.91 Å². The molecule has 1 heterocycles. The number of alkyl halides is 3. The van der Waals surface area contributed by atoms with Gasteiger partial charge in [0.2, 0.25) is 0 Å². The summed E-state index contributed by atoms with van der Waals surface area (Å²) in [6.07, 6.45) is -4.43. The van der Waals surface area contributed by atoms with Crippen molar-refractivity contribution in [3.63, 3.8) is 0 Å². The summed E-state index contributed by atoms with van der Waals surface area (Å²) in [5.74, 6) is 0.257. The topological polar surface area (TPSA) is 55.1 Å². The summed E-state index contributed by atoms with van der Waals surface area (Å²) >= 11 is 0. The van der Waals surface area contributed by atoms with Crippen molar-refractivity contribution in [1.29, 1.82) is 0 Å². The Hall–Kier alpha value is -2.31. The van der Waals surface area contributed by atoms with Gasteiger partial charge < -0.3 is 9.84 Å². The van der Waals surface area contributed by atoms with Crippen LogP contribution in [-0.4, -0.2) is 11.1 Å². The number of nitrogens with one attached hydrogen (secondary N) is 1. The number of rotatable bonds is 2. The lowest BCUT2D eigenvalue weighted by Crippen LogP contribution is -2.13. The third kappa shape index (κ3) is 3.66. The van der Waals surface area contributed by atoms with Crippen molar-refractivity contribution >= 4 is 11.7 Å². The van der Waals surface area contributed by atoms with Gasteiger partial charge in [-0.15, -0.1) is 0 Å². The quantitative estimate of drug-likeness (QED) is 0.902. The van der Waals surface area contributed by atoms with E-state index < -0.39 is 17.6 Å². The molecule has 0 aliphatic rings. The Bertz CT molecular complexity index is 667. The number of anilines is 1. The van der Waals surface area contributed by atoms with Gasteiger partial charge in [-0.05, 0) is 24.3 Å². The minimum Gasteiger partial charge on any atom is -0.359 e. The lowest BCUT2D eigenvalue weighted by Gasteiger charge is -2.12. The zero-order valence-electron chi connectivity index (χ0n) is 12.3. The predicted octanol–water partition coefficient (Wildman–Crippen LogP) is 4.24. The molecular formula is C15H15F3N2O2. The maximum absolute atomic E-state index is 12.5. The molecule has 0 atom stereocenters. The van der Waals surface area contributed by atoms with Crippen LogP contribution in [0.15, 0.2) is 34.9 Å². The number of hydrogen-bond donors (Lipinski definition) is 1. The lowest BCUT2D eigenvalue weighted by atomic mass is 9.93. The van der Waals surface area contributed by atoms with Crippen molar-refractivity contribution in [2.24, 2.45) is 0 Å². The Morgan fingerprint density at radius 3 is 2.18 bits per heavy atom. The number of carbonyl (C=O) groups excluding carboxylic acids is 1.